The Morgan fingerprint density at radius 1 is 0.750 bits per heavy atom. The number of unbranched alkanes of at least 4 members (excludes halogenated alkanes) is 8. The summed E-state index contributed by atoms with van der Waals surface area (Å²) in [7, 11) is 1.76. The zero-order chi connectivity index (χ0) is 11.9. The molecule has 0 bridgehead atoms. The van der Waals surface area contributed by atoms with Gasteiger partial charge in [0.2, 0.25) is 0 Å². The second-order valence-corrected chi connectivity index (χ2v) is 4.14. The van der Waals surface area contributed by atoms with E-state index >= 15 is 0 Å². The van der Waals surface area contributed by atoms with Crippen molar-refractivity contribution in [3.63, 3.8) is 0 Å². The van der Waals surface area contributed by atoms with E-state index in [-0.39, 0.29) is 0 Å². The molecule has 0 atom stereocenters. The van der Waals surface area contributed by atoms with Crippen LogP contribution in [0.1, 0.15) is 57.8 Å². The molecule has 0 aliphatic rings. The lowest BCUT2D eigenvalue weighted by Crippen LogP contribution is -1.91. The fraction of sp³-hybridized carbons (Fsp3) is 0.923. The molecule has 0 radical (unpaired) electrons. The highest BCUT2D eigenvalue weighted by Crippen LogP contribution is 2.09. The molecule has 0 spiro atoms. The van der Waals surface area contributed by atoms with Crippen molar-refractivity contribution in [1.82, 2.24) is 0 Å². The molecule has 96 valence electrons. The van der Waals surface area contributed by atoms with E-state index in [0.717, 1.165) is 13.0 Å². The van der Waals surface area contributed by atoms with Crippen LogP contribution in [0.4, 0.5) is 0 Å². The van der Waals surface area contributed by atoms with Gasteiger partial charge in [0, 0.05) is 13.7 Å². The first-order chi connectivity index (χ1) is 7.91. The monoisotopic (exact) mass is 230 g/mol. The van der Waals surface area contributed by atoms with E-state index in [1.807, 2.05) is 0 Å². The van der Waals surface area contributed by atoms with Crippen LogP contribution in [-0.4, -0.2) is 26.8 Å². The van der Waals surface area contributed by atoms with Crippen molar-refractivity contribution >= 4 is 6.47 Å². The second kappa shape index (κ2) is 14.4. The lowest BCUT2D eigenvalue weighted by molar-refractivity contribution is -0.128. The van der Waals surface area contributed by atoms with E-state index in [2.05, 4.69) is 4.74 Å². The summed E-state index contributed by atoms with van der Waals surface area (Å²) in [6.45, 7) is 2.01. The maximum absolute atomic E-state index is 9.86. The van der Waals surface area contributed by atoms with E-state index in [0.29, 0.717) is 13.1 Å². The average Bonchev–Trinajstić information content (AvgIpc) is 2.31. The van der Waals surface area contributed by atoms with Gasteiger partial charge in [0.05, 0.1) is 6.61 Å². The Kier molecular flexibility index (Phi) is 13.9. The van der Waals surface area contributed by atoms with Gasteiger partial charge in [-0.25, -0.2) is 0 Å². The topological polar surface area (TPSA) is 35.5 Å². The minimum Gasteiger partial charge on any atom is -0.468 e. The lowest BCUT2D eigenvalue weighted by atomic mass is 10.1. The van der Waals surface area contributed by atoms with Gasteiger partial charge >= 0.3 is 0 Å². The third kappa shape index (κ3) is 13.4. The predicted octanol–water partition coefficient (Wildman–Crippen LogP) is 3.32. The predicted molar refractivity (Wildman–Crippen MR) is 65.4 cm³/mol. The van der Waals surface area contributed by atoms with E-state index < -0.39 is 0 Å². The van der Waals surface area contributed by atoms with Crippen molar-refractivity contribution in [2.24, 2.45) is 0 Å². The van der Waals surface area contributed by atoms with E-state index in [9.17, 15) is 4.79 Å². The van der Waals surface area contributed by atoms with Gasteiger partial charge in [0.1, 0.15) is 0 Å². The SMILES string of the molecule is COCCCCCCCCCCCOC=O. The zero-order valence-electron chi connectivity index (χ0n) is 10.6. The molecule has 0 aromatic carbocycles. The van der Waals surface area contributed by atoms with Crippen molar-refractivity contribution in [2.45, 2.75) is 57.8 Å². The number of carbonyl (C=O) groups is 1. The number of ether oxygens (including phenoxy) is 2. The molecule has 0 aliphatic carbocycles. The lowest BCUT2D eigenvalue weighted by Gasteiger charge is -2.02. The van der Waals surface area contributed by atoms with Crippen LogP contribution >= 0.6 is 0 Å². The third-order valence-corrected chi connectivity index (χ3v) is 2.68. The van der Waals surface area contributed by atoms with Crippen LogP contribution in [0.15, 0.2) is 0 Å². The van der Waals surface area contributed by atoms with Gasteiger partial charge in [-0.05, 0) is 12.8 Å². The maximum atomic E-state index is 9.86. The standard InChI is InChI=1S/C13H26O3/c1-15-11-9-7-5-3-2-4-6-8-10-12-16-13-14/h13H,2-12H2,1H3. The molecule has 0 saturated carbocycles. The third-order valence-electron chi connectivity index (χ3n) is 2.68. The molecule has 3 nitrogen and oxygen atoms in total. The normalized spacial score (nSPS) is 10.3. The minimum absolute atomic E-state index is 0.528. The highest BCUT2D eigenvalue weighted by atomic mass is 16.5. The quantitative estimate of drug-likeness (QED) is 0.360. The highest BCUT2D eigenvalue weighted by Gasteiger charge is 1.92. The smallest absolute Gasteiger partial charge is 0.293 e. The molecule has 0 aliphatic heterocycles. The minimum atomic E-state index is 0.528. The second-order valence-electron chi connectivity index (χ2n) is 4.14. The van der Waals surface area contributed by atoms with Gasteiger partial charge in [0.25, 0.3) is 6.47 Å². The Bertz CT molecular complexity index is 137. The number of hydrogen-bond acceptors (Lipinski definition) is 3. The Labute approximate surface area is 99.5 Å². The van der Waals surface area contributed by atoms with Crippen molar-refractivity contribution < 1.29 is 14.3 Å². The van der Waals surface area contributed by atoms with Crippen LogP contribution in [0.5, 0.6) is 0 Å². The van der Waals surface area contributed by atoms with Crippen molar-refractivity contribution in [3.05, 3.63) is 0 Å². The summed E-state index contributed by atoms with van der Waals surface area (Å²) in [6.07, 6.45) is 11.3. The van der Waals surface area contributed by atoms with Crippen LogP contribution in [0.2, 0.25) is 0 Å². The van der Waals surface area contributed by atoms with Crippen molar-refractivity contribution in [1.29, 1.82) is 0 Å². The van der Waals surface area contributed by atoms with E-state index in [1.165, 1.54) is 51.4 Å². The van der Waals surface area contributed by atoms with Crippen LogP contribution in [0.25, 0.3) is 0 Å². The van der Waals surface area contributed by atoms with E-state index in [1.54, 1.807) is 7.11 Å². The fourth-order valence-corrected chi connectivity index (χ4v) is 1.72. The van der Waals surface area contributed by atoms with Crippen molar-refractivity contribution in [3.8, 4) is 0 Å². The molecule has 0 heterocycles. The molecule has 0 fully saturated rings. The Morgan fingerprint density at radius 3 is 1.62 bits per heavy atom. The molecule has 0 amide bonds. The van der Waals surface area contributed by atoms with Gasteiger partial charge in [-0.1, -0.05) is 44.9 Å². The van der Waals surface area contributed by atoms with Crippen LogP contribution in [0, 0.1) is 0 Å². The highest BCUT2D eigenvalue weighted by molar-refractivity contribution is 5.36. The first kappa shape index (κ1) is 15.4. The molecular formula is C13H26O3. The summed E-state index contributed by atoms with van der Waals surface area (Å²) >= 11 is 0. The Morgan fingerprint density at radius 2 is 1.19 bits per heavy atom. The summed E-state index contributed by atoms with van der Waals surface area (Å²) in [6, 6.07) is 0. The van der Waals surface area contributed by atoms with E-state index in [4.69, 9.17) is 4.74 Å². The van der Waals surface area contributed by atoms with Gasteiger partial charge < -0.3 is 9.47 Å². The van der Waals surface area contributed by atoms with Gasteiger partial charge in [-0.3, -0.25) is 4.79 Å². The summed E-state index contributed by atoms with van der Waals surface area (Å²) in [4.78, 5) is 9.86. The summed E-state index contributed by atoms with van der Waals surface area (Å²) in [5, 5.41) is 0. The molecule has 16 heavy (non-hydrogen) atoms. The number of hydrogen-bond donors (Lipinski definition) is 0. The van der Waals surface area contributed by atoms with Gasteiger partial charge in [0.15, 0.2) is 0 Å². The number of rotatable bonds is 13. The molecule has 3 heteroatoms. The van der Waals surface area contributed by atoms with Crippen molar-refractivity contribution in [2.75, 3.05) is 20.3 Å². The Hall–Kier alpha value is -0.570. The van der Waals surface area contributed by atoms with Crippen LogP contribution in [-0.2, 0) is 14.3 Å². The first-order valence-corrected chi connectivity index (χ1v) is 6.46. The van der Waals surface area contributed by atoms with Crippen LogP contribution < -0.4 is 0 Å². The van der Waals surface area contributed by atoms with Gasteiger partial charge in [-0.15, -0.1) is 0 Å². The average molecular weight is 230 g/mol. The van der Waals surface area contributed by atoms with Gasteiger partial charge in [-0.2, -0.15) is 0 Å². The fourth-order valence-electron chi connectivity index (χ4n) is 1.72. The molecule has 0 rings (SSSR count). The maximum Gasteiger partial charge on any atom is 0.293 e. The summed E-state index contributed by atoms with van der Waals surface area (Å²) in [5.41, 5.74) is 0. The zero-order valence-corrected chi connectivity index (χ0v) is 10.6. The van der Waals surface area contributed by atoms with Crippen LogP contribution in [0.3, 0.4) is 0 Å². The first-order valence-electron chi connectivity index (χ1n) is 6.46. The molecule has 0 unspecified atom stereocenters. The Balaban J connectivity index is 2.85. The molecule has 0 N–H and O–H groups in total. The molecular weight excluding hydrogens is 204 g/mol. The molecule has 0 aromatic rings. The number of methoxy groups -OCH3 is 1. The number of carbonyl (C=O) groups excluding carboxylic acids is 1. The largest absolute Gasteiger partial charge is 0.468 e. The molecule has 0 saturated heterocycles. The summed E-state index contributed by atoms with van der Waals surface area (Å²) < 4.78 is 9.62. The summed E-state index contributed by atoms with van der Waals surface area (Å²) in [5.74, 6) is 0. The molecule has 0 aromatic heterocycles.